The summed E-state index contributed by atoms with van der Waals surface area (Å²) in [5, 5.41) is 0. The molecule has 4 heteroatoms. The van der Waals surface area contributed by atoms with E-state index in [-0.39, 0.29) is 17.9 Å². The van der Waals surface area contributed by atoms with E-state index >= 15 is 0 Å². The Morgan fingerprint density at radius 1 is 1.33 bits per heavy atom. The van der Waals surface area contributed by atoms with Gasteiger partial charge in [-0.1, -0.05) is 13.8 Å². The zero-order valence-electron chi connectivity index (χ0n) is 10.5. The summed E-state index contributed by atoms with van der Waals surface area (Å²) in [7, 11) is 1.63. The highest BCUT2D eigenvalue weighted by Crippen LogP contribution is 2.07. The van der Waals surface area contributed by atoms with Crippen LogP contribution in [0, 0.1) is 5.92 Å². The Morgan fingerprint density at radius 2 is 1.87 bits per heavy atom. The lowest BCUT2D eigenvalue weighted by molar-refractivity contribution is -0.136. The van der Waals surface area contributed by atoms with E-state index in [1.54, 1.807) is 12.0 Å². The van der Waals surface area contributed by atoms with Crippen LogP contribution in [0.25, 0.3) is 0 Å². The molecule has 0 aromatic carbocycles. The van der Waals surface area contributed by atoms with Gasteiger partial charge in [0.25, 0.3) is 0 Å². The standard InChI is InChI=1S/C11H24N2O2/c1-8(2)10(12)11(14)13(9(3)4)6-7-15-5/h8-10H,6-7,12H2,1-5H3/t10-/m0/s1. The summed E-state index contributed by atoms with van der Waals surface area (Å²) in [5.41, 5.74) is 5.84. The molecular weight excluding hydrogens is 192 g/mol. The Balaban J connectivity index is 4.41. The molecule has 0 spiro atoms. The van der Waals surface area contributed by atoms with Crippen molar-refractivity contribution in [1.82, 2.24) is 4.90 Å². The monoisotopic (exact) mass is 216 g/mol. The maximum Gasteiger partial charge on any atom is 0.240 e. The lowest BCUT2D eigenvalue weighted by atomic mass is 10.0. The van der Waals surface area contributed by atoms with Gasteiger partial charge in [-0.05, 0) is 19.8 Å². The molecule has 1 amide bonds. The van der Waals surface area contributed by atoms with Gasteiger partial charge < -0.3 is 15.4 Å². The predicted octanol–water partition coefficient (Wildman–Crippen LogP) is 0.853. The van der Waals surface area contributed by atoms with Crippen molar-refractivity contribution >= 4 is 5.91 Å². The fraction of sp³-hybridized carbons (Fsp3) is 0.909. The molecule has 0 saturated heterocycles. The van der Waals surface area contributed by atoms with E-state index in [2.05, 4.69) is 0 Å². The lowest BCUT2D eigenvalue weighted by Crippen LogP contribution is -2.50. The Labute approximate surface area is 92.8 Å². The Kier molecular flexibility index (Phi) is 6.52. The van der Waals surface area contributed by atoms with E-state index in [9.17, 15) is 4.79 Å². The van der Waals surface area contributed by atoms with Gasteiger partial charge in [0.05, 0.1) is 12.6 Å². The second-order valence-electron chi connectivity index (χ2n) is 4.39. The SMILES string of the molecule is COCCN(C(=O)[C@@H](N)C(C)C)C(C)C. The van der Waals surface area contributed by atoms with Crippen LogP contribution in [-0.4, -0.2) is 43.2 Å². The Hall–Kier alpha value is -0.610. The van der Waals surface area contributed by atoms with Crippen LogP contribution in [-0.2, 0) is 9.53 Å². The lowest BCUT2D eigenvalue weighted by Gasteiger charge is -2.30. The van der Waals surface area contributed by atoms with Crippen LogP contribution in [0.1, 0.15) is 27.7 Å². The summed E-state index contributed by atoms with van der Waals surface area (Å²) in [6.45, 7) is 9.04. The van der Waals surface area contributed by atoms with Crippen LogP contribution in [0.3, 0.4) is 0 Å². The summed E-state index contributed by atoms with van der Waals surface area (Å²) in [6.07, 6.45) is 0. The number of carbonyl (C=O) groups excluding carboxylic acids is 1. The van der Waals surface area contributed by atoms with Crippen LogP contribution < -0.4 is 5.73 Å². The number of amides is 1. The van der Waals surface area contributed by atoms with Crippen LogP contribution in [0.15, 0.2) is 0 Å². The highest BCUT2D eigenvalue weighted by Gasteiger charge is 2.24. The highest BCUT2D eigenvalue weighted by atomic mass is 16.5. The fourth-order valence-electron chi connectivity index (χ4n) is 1.29. The van der Waals surface area contributed by atoms with Gasteiger partial charge in [0.2, 0.25) is 5.91 Å². The molecule has 0 unspecified atom stereocenters. The molecule has 2 N–H and O–H groups in total. The normalized spacial score (nSPS) is 13.3. The number of hydrogen-bond acceptors (Lipinski definition) is 3. The minimum Gasteiger partial charge on any atom is -0.383 e. The van der Waals surface area contributed by atoms with Crippen LogP contribution in [0.5, 0.6) is 0 Å². The molecule has 0 saturated carbocycles. The number of carbonyl (C=O) groups is 1. The first-order valence-electron chi connectivity index (χ1n) is 5.46. The van der Waals surface area contributed by atoms with Gasteiger partial charge in [0.15, 0.2) is 0 Å². The zero-order valence-corrected chi connectivity index (χ0v) is 10.5. The molecule has 0 heterocycles. The van der Waals surface area contributed by atoms with Crippen molar-refractivity contribution in [2.45, 2.75) is 39.8 Å². The number of methoxy groups -OCH3 is 1. The van der Waals surface area contributed by atoms with Crippen molar-refractivity contribution in [2.75, 3.05) is 20.3 Å². The molecule has 0 aliphatic rings. The molecule has 1 atom stereocenters. The average molecular weight is 216 g/mol. The van der Waals surface area contributed by atoms with Crippen molar-refractivity contribution in [1.29, 1.82) is 0 Å². The van der Waals surface area contributed by atoms with E-state index in [0.29, 0.717) is 13.2 Å². The van der Waals surface area contributed by atoms with Crippen molar-refractivity contribution in [2.24, 2.45) is 11.7 Å². The summed E-state index contributed by atoms with van der Waals surface area (Å²) in [4.78, 5) is 13.7. The van der Waals surface area contributed by atoms with Gasteiger partial charge in [-0.2, -0.15) is 0 Å². The number of rotatable bonds is 6. The smallest absolute Gasteiger partial charge is 0.240 e. The van der Waals surface area contributed by atoms with Crippen molar-refractivity contribution in [3.8, 4) is 0 Å². The largest absolute Gasteiger partial charge is 0.383 e. The van der Waals surface area contributed by atoms with Gasteiger partial charge in [0.1, 0.15) is 0 Å². The predicted molar refractivity (Wildman–Crippen MR) is 61.5 cm³/mol. The van der Waals surface area contributed by atoms with E-state index in [1.807, 2.05) is 27.7 Å². The Bertz CT molecular complexity index is 193. The van der Waals surface area contributed by atoms with Gasteiger partial charge >= 0.3 is 0 Å². The van der Waals surface area contributed by atoms with E-state index in [0.717, 1.165) is 0 Å². The highest BCUT2D eigenvalue weighted by molar-refractivity contribution is 5.82. The van der Waals surface area contributed by atoms with Crippen molar-refractivity contribution in [3.63, 3.8) is 0 Å². The topological polar surface area (TPSA) is 55.6 Å². The second kappa shape index (κ2) is 6.80. The van der Waals surface area contributed by atoms with Crippen LogP contribution in [0.4, 0.5) is 0 Å². The molecule has 0 rings (SSSR count). The fourth-order valence-corrected chi connectivity index (χ4v) is 1.29. The second-order valence-corrected chi connectivity index (χ2v) is 4.39. The summed E-state index contributed by atoms with van der Waals surface area (Å²) in [5.74, 6) is 0.179. The molecule has 0 fully saturated rings. The number of ether oxygens (including phenoxy) is 1. The molecule has 0 aromatic heterocycles. The first-order valence-corrected chi connectivity index (χ1v) is 5.46. The molecule has 0 radical (unpaired) electrons. The first-order chi connectivity index (χ1) is 6.91. The average Bonchev–Trinajstić information content (AvgIpc) is 2.16. The molecule has 0 aliphatic carbocycles. The first kappa shape index (κ1) is 14.4. The molecule has 90 valence electrons. The summed E-state index contributed by atoms with van der Waals surface area (Å²) < 4.78 is 4.98. The number of nitrogens with two attached hydrogens (primary N) is 1. The van der Waals surface area contributed by atoms with Crippen LogP contribution >= 0.6 is 0 Å². The van der Waals surface area contributed by atoms with E-state index in [1.165, 1.54) is 0 Å². The van der Waals surface area contributed by atoms with Crippen molar-refractivity contribution in [3.05, 3.63) is 0 Å². The quantitative estimate of drug-likeness (QED) is 0.716. The summed E-state index contributed by atoms with van der Waals surface area (Å²) in [6, 6.07) is -0.248. The maximum atomic E-state index is 12.0. The third-order valence-corrected chi connectivity index (χ3v) is 2.45. The minimum atomic E-state index is -0.413. The van der Waals surface area contributed by atoms with E-state index in [4.69, 9.17) is 10.5 Å². The molecule has 0 aliphatic heterocycles. The minimum absolute atomic E-state index is 0.0112. The number of hydrogen-bond donors (Lipinski definition) is 1. The third kappa shape index (κ3) is 4.62. The van der Waals surface area contributed by atoms with Crippen LogP contribution in [0.2, 0.25) is 0 Å². The van der Waals surface area contributed by atoms with Gasteiger partial charge in [0, 0.05) is 19.7 Å². The zero-order chi connectivity index (χ0) is 12.0. The number of nitrogens with zero attached hydrogens (tertiary/aromatic N) is 1. The molecule has 15 heavy (non-hydrogen) atoms. The van der Waals surface area contributed by atoms with Gasteiger partial charge in [-0.25, -0.2) is 0 Å². The molecule has 0 bridgehead atoms. The molecule has 0 aromatic rings. The third-order valence-electron chi connectivity index (χ3n) is 2.45. The van der Waals surface area contributed by atoms with E-state index < -0.39 is 6.04 Å². The Morgan fingerprint density at radius 3 is 2.20 bits per heavy atom. The molecular formula is C11H24N2O2. The molecule has 4 nitrogen and oxygen atoms in total. The summed E-state index contributed by atoms with van der Waals surface area (Å²) >= 11 is 0. The van der Waals surface area contributed by atoms with Gasteiger partial charge in [-0.15, -0.1) is 0 Å². The van der Waals surface area contributed by atoms with Crippen molar-refractivity contribution < 1.29 is 9.53 Å². The maximum absolute atomic E-state index is 12.0. The van der Waals surface area contributed by atoms with Gasteiger partial charge in [-0.3, -0.25) is 4.79 Å².